The number of nitrogens with one attached hydrogen (secondary N) is 1. The van der Waals surface area contributed by atoms with Gasteiger partial charge in [0.05, 0.1) is 6.20 Å². The summed E-state index contributed by atoms with van der Waals surface area (Å²) in [7, 11) is 0. The molecule has 1 aliphatic carbocycles. The molecule has 96 valence electrons. The van der Waals surface area contributed by atoms with Gasteiger partial charge in [-0.3, -0.25) is 9.59 Å². The molecule has 0 saturated carbocycles. The molecule has 1 aromatic heterocycles. The summed E-state index contributed by atoms with van der Waals surface area (Å²) in [6.07, 6.45) is 8.14. The molecule has 2 rings (SSSR count). The van der Waals surface area contributed by atoms with Crippen molar-refractivity contribution in [3.8, 4) is 0 Å². The van der Waals surface area contributed by atoms with Gasteiger partial charge in [0.2, 0.25) is 0 Å². The molecule has 0 aromatic carbocycles. The van der Waals surface area contributed by atoms with E-state index in [-0.39, 0.29) is 24.2 Å². The number of nitrogens with zero attached hydrogens (tertiary/aromatic N) is 3. The average molecular weight is 250 g/mol. The van der Waals surface area contributed by atoms with E-state index in [1.54, 1.807) is 0 Å². The summed E-state index contributed by atoms with van der Waals surface area (Å²) in [5.74, 6) is -1.34. The number of carbonyl (C=O) groups is 2. The van der Waals surface area contributed by atoms with Crippen molar-refractivity contribution in [1.82, 2.24) is 20.3 Å². The highest BCUT2D eigenvalue weighted by molar-refractivity contribution is 5.92. The van der Waals surface area contributed by atoms with Gasteiger partial charge in [0.15, 0.2) is 5.69 Å². The fraction of sp³-hybridized carbons (Fsp3) is 0.455. The van der Waals surface area contributed by atoms with Crippen molar-refractivity contribution in [1.29, 1.82) is 0 Å². The van der Waals surface area contributed by atoms with Crippen LogP contribution in [0.25, 0.3) is 0 Å². The standard InChI is InChI=1S/C11H14N4O3/c16-10(17)7-15-6-9(13-14-15)11(18)12-8-4-2-1-3-5-8/h1-2,6,8H,3-5,7H2,(H,12,18)(H,16,17). The Kier molecular flexibility index (Phi) is 3.71. The molecule has 0 radical (unpaired) electrons. The van der Waals surface area contributed by atoms with E-state index in [4.69, 9.17) is 5.11 Å². The van der Waals surface area contributed by atoms with Crippen molar-refractivity contribution in [3.63, 3.8) is 0 Å². The van der Waals surface area contributed by atoms with Crippen LogP contribution in [0, 0.1) is 0 Å². The van der Waals surface area contributed by atoms with E-state index in [0.29, 0.717) is 0 Å². The summed E-state index contributed by atoms with van der Waals surface area (Å²) in [5, 5.41) is 18.7. The summed E-state index contributed by atoms with van der Waals surface area (Å²) in [6.45, 7) is -0.299. The molecule has 1 aromatic rings. The zero-order valence-electron chi connectivity index (χ0n) is 9.74. The smallest absolute Gasteiger partial charge is 0.325 e. The average Bonchev–Trinajstić information content (AvgIpc) is 2.78. The lowest BCUT2D eigenvalue weighted by Crippen LogP contribution is -2.35. The number of aromatic nitrogens is 3. The van der Waals surface area contributed by atoms with Gasteiger partial charge in [-0.15, -0.1) is 5.10 Å². The summed E-state index contributed by atoms with van der Waals surface area (Å²) >= 11 is 0. The van der Waals surface area contributed by atoms with E-state index >= 15 is 0 Å². The van der Waals surface area contributed by atoms with Gasteiger partial charge in [-0.05, 0) is 19.3 Å². The molecular weight excluding hydrogens is 236 g/mol. The summed E-state index contributed by atoms with van der Waals surface area (Å²) in [4.78, 5) is 22.3. The van der Waals surface area contributed by atoms with Crippen LogP contribution >= 0.6 is 0 Å². The summed E-state index contributed by atoms with van der Waals surface area (Å²) in [6, 6.07) is 0.118. The number of hydrogen-bond donors (Lipinski definition) is 2. The Labute approximate surface area is 103 Å². The number of rotatable bonds is 4. The number of carboxylic acids is 1. The molecule has 1 unspecified atom stereocenters. The topological polar surface area (TPSA) is 97.1 Å². The van der Waals surface area contributed by atoms with E-state index in [9.17, 15) is 9.59 Å². The van der Waals surface area contributed by atoms with Crippen molar-refractivity contribution < 1.29 is 14.7 Å². The van der Waals surface area contributed by atoms with E-state index in [2.05, 4.69) is 21.7 Å². The highest BCUT2D eigenvalue weighted by Crippen LogP contribution is 2.10. The lowest BCUT2D eigenvalue weighted by atomic mass is 10.0. The predicted octanol–water partition coefficient (Wildman–Crippen LogP) is 0.201. The highest BCUT2D eigenvalue weighted by atomic mass is 16.4. The van der Waals surface area contributed by atoms with Gasteiger partial charge in [-0.25, -0.2) is 4.68 Å². The van der Waals surface area contributed by atoms with Gasteiger partial charge >= 0.3 is 5.97 Å². The quantitative estimate of drug-likeness (QED) is 0.744. The Morgan fingerprint density at radius 2 is 2.33 bits per heavy atom. The third-order valence-corrected chi connectivity index (χ3v) is 2.67. The Balaban J connectivity index is 1.94. The molecule has 1 aliphatic rings. The third-order valence-electron chi connectivity index (χ3n) is 2.67. The third kappa shape index (κ3) is 3.16. The van der Waals surface area contributed by atoms with Gasteiger partial charge in [0.25, 0.3) is 5.91 Å². The first-order valence-electron chi connectivity index (χ1n) is 5.73. The van der Waals surface area contributed by atoms with Crippen LogP contribution in [-0.4, -0.2) is 38.0 Å². The number of carboxylic acid groups (broad SMARTS) is 1. The zero-order valence-corrected chi connectivity index (χ0v) is 9.74. The van der Waals surface area contributed by atoms with Crippen molar-refractivity contribution in [2.75, 3.05) is 0 Å². The second-order valence-electron chi connectivity index (χ2n) is 4.15. The lowest BCUT2D eigenvalue weighted by molar-refractivity contribution is -0.137. The molecule has 7 heteroatoms. The first kappa shape index (κ1) is 12.3. The molecule has 18 heavy (non-hydrogen) atoms. The minimum absolute atomic E-state index is 0.118. The fourth-order valence-corrected chi connectivity index (χ4v) is 1.80. The number of allylic oxidation sites excluding steroid dienone is 1. The van der Waals surface area contributed by atoms with Crippen LogP contribution in [0.3, 0.4) is 0 Å². The fourth-order valence-electron chi connectivity index (χ4n) is 1.80. The summed E-state index contributed by atoms with van der Waals surface area (Å²) in [5.41, 5.74) is 0.144. The number of carbonyl (C=O) groups excluding carboxylic acids is 1. The minimum atomic E-state index is -1.02. The molecule has 0 aliphatic heterocycles. The van der Waals surface area contributed by atoms with Crippen molar-refractivity contribution in [2.24, 2.45) is 0 Å². The Morgan fingerprint density at radius 3 is 3.00 bits per heavy atom. The lowest BCUT2D eigenvalue weighted by Gasteiger charge is -2.18. The number of aliphatic carboxylic acids is 1. The molecule has 1 heterocycles. The first-order chi connectivity index (χ1) is 8.65. The van der Waals surface area contributed by atoms with Gasteiger partial charge in [0, 0.05) is 6.04 Å². The molecular formula is C11H14N4O3. The van der Waals surface area contributed by atoms with Gasteiger partial charge in [-0.1, -0.05) is 17.4 Å². The van der Waals surface area contributed by atoms with Crippen LogP contribution < -0.4 is 5.32 Å². The summed E-state index contributed by atoms with van der Waals surface area (Å²) < 4.78 is 1.12. The maximum Gasteiger partial charge on any atom is 0.325 e. The van der Waals surface area contributed by atoms with Crippen molar-refractivity contribution >= 4 is 11.9 Å². The number of hydrogen-bond acceptors (Lipinski definition) is 4. The predicted molar refractivity (Wildman–Crippen MR) is 61.9 cm³/mol. The number of amides is 1. The second kappa shape index (κ2) is 5.44. The Bertz CT molecular complexity index is 480. The van der Waals surface area contributed by atoms with Crippen LogP contribution in [0.2, 0.25) is 0 Å². The van der Waals surface area contributed by atoms with E-state index in [1.807, 2.05) is 6.08 Å². The highest BCUT2D eigenvalue weighted by Gasteiger charge is 2.17. The van der Waals surface area contributed by atoms with E-state index in [0.717, 1.165) is 23.9 Å². The van der Waals surface area contributed by atoms with Gasteiger partial charge in [-0.2, -0.15) is 0 Å². The van der Waals surface area contributed by atoms with Crippen LogP contribution in [-0.2, 0) is 11.3 Å². The Morgan fingerprint density at radius 1 is 1.50 bits per heavy atom. The molecule has 1 atom stereocenters. The van der Waals surface area contributed by atoms with Crippen molar-refractivity contribution in [3.05, 3.63) is 24.0 Å². The maximum atomic E-state index is 11.8. The van der Waals surface area contributed by atoms with Crippen LogP contribution in [0.5, 0.6) is 0 Å². The molecule has 1 amide bonds. The first-order valence-corrected chi connectivity index (χ1v) is 5.73. The van der Waals surface area contributed by atoms with Crippen molar-refractivity contribution in [2.45, 2.75) is 31.8 Å². The largest absolute Gasteiger partial charge is 0.480 e. The molecule has 0 bridgehead atoms. The molecule has 0 spiro atoms. The van der Waals surface area contributed by atoms with Gasteiger partial charge < -0.3 is 10.4 Å². The molecule has 2 N–H and O–H groups in total. The van der Waals surface area contributed by atoms with Gasteiger partial charge in [0.1, 0.15) is 6.54 Å². The molecule has 0 saturated heterocycles. The van der Waals surface area contributed by atoms with E-state index < -0.39 is 5.97 Å². The maximum absolute atomic E-state index is 11.8. The second-order valence-corrected chi connectivity index (χ2v) is 4.15. The van der Waals surface area contributed by atoms with E-state index in [1.165, 1.54) is 6.20 Å². The monoisotopic (exact) mass is 250 g/mol. The minimum Gasteiger partial charge on any atom is -0.480 e. The van der Waals surface area contributed by atoms with Crippen LogP contribution in [0.1, 0.15) is 29.8 Å². The normalized spacial score (nSPS) is 18.6. The van der Waals surface area contributed by atoms with Crippen LogP contribution in [0.15, 0.2) is 18.3 Å². The van der Waals surface area contributed by atoms with Crippen LogP contribution in [0.4, 0.5) is 0 Å². The molecule has 7 nitrogen and oxygen atoms in total. The molecule has 0 fully saturated rings. The Hall–Kier alpha value is -2.18. The SMILES string of the molecule is O=C(O)Cn1cc(C(=O)NC2CC=CCC2)nn1. The zero-order chi connectivity index (χ0) is 13.0.